The molecule has 3 heterocycles. The van der Waals surface area contributed by atoms with Crippen LogP contribution in [0.2, 0.25) is 0 Å². The largest absolute Gasteiger partial charge is 0.491 e. The Labute approximate surface area is 149 Å². The number of imidazole rings is 1. The van der Waals surface area contributed by atoms with Gasteiger partial charge in [0.05, 0.1) is 12.7 Å². The topological polar surface area (TPSA) is 69.0 Å². The van der Waals surface area contributed by atoms with Gasteiger partial charge in [0, 0.05) is 18.7 Å². The van der Waals surface area contributed by atoms with Crippen molar-refractivity contribution in [2.45, 2.75) is 13.0 Å². The summed E-state index contributed by atoms with van der Waals surface area (Å²) in [6.07, 6.45) is 0.991. The number of hydrogen-bond donors (Lipinski definition) is 0. The quantitative estimate of drug-likeness (QED) is 0.619. The van der Waals surface area contributed by atoms with Gasteiger partial charge in [0.2, 0.25) is 5.88 Å². The van der Waals surface area contributed by atoms with Gasteiger partial charge in [0.15, 0.2) is 11.3 Å². The van der Waals surface area contributed by atoms with E-state index < -0.39 is 6.10 Å². The Kier molecular flexibility index (Phi) is 3.95. The molecular weight excluding hydrogens is 339 g/mol. The van der Waals surface area contributed by atoms with Crippen molar-refractivity contribution in [2.24, 2.45) is 0 Å². The molecule has 0 N–H and O–H groups in total. The number of carbonyl (C=O) groups is 1. The lowest BCUT2D eigenvalue weighted by molar-refractivity contribution is 0.0765. The molecule has 1 atom stereocenters. The first-order chi connectivity index (χ1) is 12.5. The van der Waals surface area contributed by atoms with E-state index in [1.54, 1.807) is 32.2 Å². The summed E-state index contributed by atoms with van der Waals surface area (Å²) in [6, 6.07) is 7.66. The van der Waals surface area contributed by atoms with E-state index >= 15 is 0 Å². The molecule has 3 aromatic rings. The lowest BCUT2D eigenvalue weighted by Gasteiger charge is -2.19. The minimum atomic E-state index is -0.494. The van der Waals surface area contributed by atoms with Crippen molar-refractivity contribution in [3.05, 3.63) is 53.6 Å². The zero-order valence-corrected chi connectivity index (χ0v) is 14.3. The molecule has 0 unspecified atom stereocenters. The van der Waals surface area contributed by atoms with Crippen LogP contribution in [0.5, 0.6) is 11.6 Å². The fourth-order valence-electron chi connectivity index (χ4n) is 2.87. The van der Waals surface area contributed by atoms with Crippen LogP contribution < -0.4 is 9.47 Å². The van der Waals surface area contributed by atoms with E-state index in [4.69, 9.17) is 9.47 Å². The van der Waals surface area contributed by atoms with Crippen molar-refractivity contribution >= 4 is 11.6 Å². The van der Waals surface area contributed by atoms with E-state index in [0.717, 1.165) is 0 Å². The summed E-state index contributed by atoms with van der Waals surface area (Å²) < 4.78 is 26.8. The average Bonchev–Trinajstić information content (AvgIpc) is 3.04. The Balaban J connectivity index is 1.82. The fourth-order valence-corrected chi connectivity index (χ4v) is 2.87. The molecule has 26 heavy (non-hydrogen) atoms. The molecule has 1 aliphatic heterocycles. The van der Waals surface area contributed by atoms with Crippen molar-refractivity contribution in [3.63, 3.8) is 0 Å². The number of fused-ring (bicyclic) bond motifs is 2. The van der Waals surface area contributed by atoms with Crippen molar-refractivity contribution in [1.82, 2.24) is 19.5 Å². The summed E-state index contributed by atoms with van der Waals surface area (Å²) in [4.78, 5) is 18.4. The lowest BCUT2D eigenvalue weighted by Crippen LogP contribution is -2.31. The highest BCUT2D eigenvalue weighted by Gasteiger charge is 2.21. The molecular formula is C18H17FN4O3. The Morgan fingerprint density at radius 2 is 2.12 bits per heavy atom. The Morgan fingerprint density at radius 3 is 2.96 bits per heavy atom. The highest BCUT2D eigenvalue weighted by atomic mass is 19.1. The molecule has 1 aliphatic rings. The van der Waals surface area contributed by atoms with Gasteiger partial charge >= 0.3 is 0 Å². The molecule has 4 rings (SSSR count). The Morgan fingerprint density at radius 1 is 1.27 bits per heavy atom. The van der Waals surface area contributed by atoms with Gasteiger partial charge in [-0.1, -0.05) is 0 Å². The summed E-state index contributed by atoms with van der Waals surface area (Å²) in [6.45, 7) is 2.41. The van der Waals surface area contributed by atoms with Crippen LogP contribution in [0.1, 0.15) is 29.1 Å². The van der Waals surface area contributed by atoms with Crippen molar-refractivity contribution in [2.75, 3.05) is 20.2 Å². The maximum atomic E-state index is 13.7. The van der Waals surface area contributed by atoms with Crippen LogP contribution in [0.4, 0.5) is 4.39 Å². The summed E-state index contributed by atoms with van der Waals surface area (Å²) in [7, 11) is 1.68. The number of nitrogens with zero attached hydrogens (tertiary/aromatic N) is 4. The van der Waals surface area contributed by atoms with Crippen LogP contribution in [0, 0.1) is 5.82 Å². The number of ether oxygens (including phenoxy) is 2. The van der Waals surface area contributed by atoms with E-state index in [1.165, 1.54) is 27.7 Å². The molecule has 1 aromatic carbocycles. The van der Waals surface area contributed by atoms with E-state index in [1.807, 2.05) is 0 Å². The van der Waals surface area contributed by atoms with Gasteiger partial charge in [-0.15, -0.1) is 5.10 Å². The number of aromatic nitrogens is 3. The van der Waals surface area contributed by atoms with Crippen molar-refractivity contribution in [1.29, 1.82) is 0 Å². The molecule has 0 fully saturated rings. The third-order valence-electron chi connectivity index (χ3n) is 4.30. The maximum absolute atomic E-state index is 13.7. The van der Waals surface area contributed by atoms with Gasteiger partial charge in [-0.2, -0.15) is 0 Å². The second-order valence-corrected chi connectivity index (χ2v) is 6.10. The molecule has 0 radical (unpaired) electrons. The molecule has 0 saturated carbocycles. The van der Waals surface area contributed by atoms with E-state index in [0.29, 0.717) is 35.1 Å². The maximum Gasteiger partial charge on any atom is 0.274 e. The molecule has 0 aliphatic carbocycles. The number of carbonyl (C=O) groups excluding carboxylic acids is 1. The van der Waals surface area contributed by atoms with Gasteiger partial charge in [-0.3, -0.25) is 4.79 Å². The van der Waals surface area contributed by atoms with E-state index in [-0.39, 0.29) is 18.3 Å². The van der Waals surface area contributed by atoms with Crippen molar-refractivity contribution in [3.8, 4) is 11.6 Å². The zero-order valence-electron chi connectivity index (χ0n) is 14.3. The van der Waals surface area contributed by atoms with Crippen LogP contribution in [0.15, 0.2) is 36.5 Å². The molecule has 2 bridgehead atoms. The van der Waals surface area contributed by atoms with Crippen LogP contribution in [-0.4, -0.2) is 45.6 Å². The highest BCUT2D eigenvalue weighted by Crippen LogP contribution is 2.29. The standard InChI is InChI=1S/C18H17FN4O3/c1-11-13-9-12(19)3-4-15(13)25-8-7-22(2)18(24)14-10-20-16-5-6-17(26-11)21-23(14)16/h3-6,9-11H,7-8H2,1-2H3/t11-/m1/s1. The average molecular weight is 356 g/mol. The summed E-state index contributed by atoms with van der Waals surface area (Å²) >= 11 is 0. The molecule has 8 heteroatoms. The van der Waals surface area contributed by atoms with E-state index in [2.05, 4.69) is 10.1 Å². The van der Waals surface area contributed by atoms with Gasteiger partial charge < -0.3 is 14.4 Å². The SMILES string of the molecule is C[C@H]1Oc2ccc3ncc(n3n2)C(=O)N(C)CCOc2ccc(F)cc21. The molecule has 7 nitrogen and oxygen atoms in total. The Hall–Kier alpha value is -3.16. The minimum absolute atomic E-state index is 0.225. The third kappa shape index (κ3) is 2.83. The number of hydrogen-bond acceptors (Lipinski definition) is 5. The number of likely N-dealkylation sites (N-methyl/N-ethyl adjacent to an activating group) is 1. The van der Waals surface area contributed by atoms with Gasteiger partial charge in [-0.25, -0.2) is 13.9 Å². The molecule has 1 amide bonds. The van der Waals surface area contributed by atoms with Crippen LogP contribution in [0.3, 0.4) is 0 Å². The lowest BCUT2D eigenvalue weighted by atomic mass is 10.1. The predicted octanol–water partition coefficient (Wildman–Crippen LogP) is 2.47. The fraction of sp³-hybridized carbons (Fsp3) is 0.278. The third-order valence-corrected chi connectivity index (χ3v) is 4.30. The number of rotatable bonds is 0. The molecule has 2 aromatic heterocycles. The highest BCUT2D eigenvalue weighted by molar-refractivity contribution is 5.93. The van der Waals surface area contributed by atoms with Crippen LogP contribution in [0.25, 0.3) is 5.65 Å². The summed E-state index contributed by atoms with van der Waals surface area (Å²) in [5.74, 6) is 0.215. The predicted molar refractivity (Wildman–Crippen MR) is 90.9 cm³/mol. The molecule has 0 saturated heterocycles. The number of amides is 1. The van der Waals surface area contributed by atoms with Crippen molar-refractivity contribution < 1.29 is 18.7 Å². The van der Waals surface area contributed by atoms with Crippen LogP contribution >= 0.6 is 0 Å². The second-order valence-electron chi connectivity index (χ2n) is 6.10. The first-order valence-corrected chi connectivity index (χ1v) is 8.22. The van der Waals surface area contributed by atoms with Gasteiger partial charge in [0.1, 0.15) is 24.3 Å². The first kappa shape index (κ1) is 16.3. The normalized spacial score (nSPS) is 17.7. The van der Waals surface area contributed by atoms with Gasteiger partial charge in [-0.05, 0) is 31.2 Å². The smallest absolute Gasteiger partial charge is 0.274 e. The first-order valence-electron chi connectivity index (χ1n) is 8.22. The zero-order chi connectivity index (χ0) is 18.3. The minimum Gasteiger partial charge on any atom is -0.491 e. The second kappa shape index (κ2) is 6.29. The summed E-state index contributed by atoms with van der Waals surface area (Å²) in [5.41, 5.74) is 1.45. The monoisotopic (exact) mass is 356 g/mol. The van der Waals surface area contributed by atoms with Crippen LogP contribution in [-0.2, 0) is 0 Å². The number of benzene rings is 1. The molecule has 134 valence electrons. The van der Waals surface area contributed by atoms with Gasteiger partial charge in [0.25, 0.3) is 5.91 Å². The Bertz CT molecular complexity index is 988. The van der Waals surface area contributed by atoms with E-state index in [9.17, 15) is 9.18 Å². The summed E-state index contributed by atoms with van der Waals surface area (Å²) in [5, 5.41) is 4.36. The molecule has 0 spiro atoms. The number of halogens is 1.